The smallest absolute Gasteiger partial charge is 0.314 e. The van der Waals surface area contributed by atoms with Crippen molar-refractivity contribution in [3.63, 3.8) is 0 Å². The summed E-state index contributed by atoms with van der Waals surface area (Å²) in [7, 11) is 0. The molecule has 0 saturated heterocycles. The molecule has 0 amide bonds. The Bertz CT molecular complexity index is 661. The van der Waals surface area contributed by atoms with E-state index < -0.39 is 17.3 Å². The largest absolute Gasteiger partial charge is 0.417 e. The Labute approximate surface area is 124 Å². The van der Waals surface area contributed by atoms with Crippen LogP contribution >= 0.6 is 11.3 Å². The maximum absolute atomic E-state index is 12.6. The van der Waals surface area contributed by atoms with Gasteiger partial charge in [0.25, 0.3) is 5.56 Å². The number of nitrogens with one attached hydrogen (secondary N) is 1. The molecule has 2 aromatic heterocycles. The van der Waals surface area contributed by atoms with Crippen LogP contribution in [0, 0.1) is 6.92 Å². The first-order valence-electron chi connectivity index (χ1n) is 6.39. The number of rotatable bonds is 5. The lowest BCUT2D eigenvalue weighted by Crippen LogP contribution is -2.27. The molecule has 2 aromatic rings. The monoisotopic (exact) mass is 316 g/mol. The van der Waals surface area contributed by atoms with E-state index in [0.717, 1.165) is 22.9 Å². The molecule has 0 radical (unpaired) electrons. The lowest BCUT2D eigenvalue weighted by molar-refractivity contribution is -0.138. The molecule has 1 N–H and O–H groups in total. The van der Waals surface area contributed by atoms with E-state index in [9.17, 15) is 18.0 Å². The lowest BCUT2D eigenvalue weighted by atomic mass is 10.2. The van der Waals surface area contributed by atoms with E-state index in [1.54, 1.807) is 11.3 Å². The predicted molar refractivity (Wildman–Crippen MR) is 76.5 cm³/mol. The van der Waals surface area contributed by atoms with Crippen molar-refractivity contribution in [1.82, 2.24) is 9.88 Å². The summed E-state index contributed by atoms with van der Waals surface area (Å²) >= 11 is 1.62. The van der Waals surface area contributed by atoms with Crippen LogP contribution in [0.2, 0.25) is 0 Å². The quantitative estimate of drug-likeness (QED) is 0.860. The fourth-order valence-corrected chi connectivity index (χ4v) is 2.74. The highest BCUT2D eigenvalue weighted by atomic mass is 32.1. The first-order chi connectivity index (χ1) is 9.88. The van der Waals surface area contributed by atoms with Gasteiger partial charge in [0.05, 0.1) is 5.56 Å². The average Bonchev–Trinajstić information content (AvgIpc) is 2.81. The van der Waals surface area contributed by atoms with Crippen molar-refractivity contribution in [2.75, 3.05) is 6.54 Å². The van der Waals surface area contributed by atoms with Crippen LogP contribution < -0.4 is 10.9 Å². The van der Waals surface area contributed by atoms with Crippen LogP contribution in [0.3, 0.4) is 0 Å². The van der Waals surface area contributed by atoms with Crippen LogP contribution in [0.1, 0.15) is 16.0 Å². The molecule has 0 unspecified atom stereocenters. The molecule has 0 aliphatic heterocycles. The Balaban J connectivity index is 1.94. The molecule has 0 aliphatic rings. The number of aromatic nitrogens is 1. The third-order valence-electron chi connectivity index (χ3n) is 3.09. The first kappa shape index (κ1) is 15.8. The number of pyridine rings is 1. The standard InChI is InChI=1S/C14H15F3N2OS/c1-10-4-7-21-12(10)8-18-5-6-19-9-11(14(15,16)17)2-3-13(19)20/h2-4,7,9,18H,5-6,8H2,1H3. The summed E-state index contributed by atoms with van der Waals surface area (Å²) in [6.07, 6.45) is -3.57. The van der Waals surface area contributed by atoms with Crippen molar-refractivity contribution < 1.29 is 13.2 Å². The first-order valence-corrected chi connectivity index (χ1v) is 7.27. The Morgan fingerprint density at radius 1 is 1.29 bits per heavy atom. The summed E-state index contributed by atoms with van der Waals surface area (Å²) in [6.45, 7) is 3.29. The Kier molecular flexibility index (Phi) is 4.84. The zero-order valence-electron chi connectivity index (χ0n) is 11.4. The molecule has 21 heavy (non-hydrogen) atoms. The number of halogens is 3. The van der Waals surface area contributed by atoms with Crippen molar-refractivity contribution in [2.24, 2.45) is 0 Å². The van der Waals surface area contributed by atoms with Gasteiger partial charge in [-0.3, -0.25) is 4.79 Å². The van der Waals surface area contributed by atoms with Crippen LogP contribution in [0.5, 0.6) is 0 Å². The van der Waals surface area contributed by atoms with E-state index in [-0.39, 0.29) is 6.54 Å². The molecule has 0 atom stereocenters. The van der Waals surface area contributed by atoms with Gasteiger partial charge >= 0.3 is 6.18 Å². The van der Waals surface area contributed by atoms with E-state index in [2.05, 4.69) is 5.32 Å². The van der Waals surface area contributed by atoms with Crippen LogP contribution in [0.15, 0.2) is 34.6 Å². The minimum Gasteiger partial charge on any atom is -0.314 e. The van der Waals surface area contributed by atoms with Gasteiger partial charge < -0.3 is 9.88 Å². The number of nitrogens with zero attached hydrogens (tertiary/aromatic N) is 1. The van der Waals surface area contributed by atoms with Crippen molar-refractivity contribution in [2.45, 2.75) is 26.2 Å². The third kappa shape index (κ3) is 4.18. The van der Waals surface area contributed by atoms with Crippen molar-refractivity contribution in [3.05, 3.63) is 56.1 Å². The van der Waals surface area contributed by atoms with Crippen molar-refractivity contribution in [3.8, 4) is 0 Å². The van der Waals surface area contributed by atoms with Crippen LogP contribution in [-0.4, -0.2) is 11.1 Å². The van der Waals surface area contributed by atoms with Gasteiger partial charge in [0.15, 0.2) is 0 Å². The lowest BCUT2D eigenvalue weighted by Gasteiger charge is -2.11. The number of hydrogen-bond acceptors (Lipinski definition) is 3. The topological polar surface area (TPSA) is 34.0 Å². The van der Waals surface area contributed by atoms with Crippen molar-refractivity contribution >= 4 is 11.3 Å². The summed E-state index contributed by atoms with van der Waals surface area (Å²) in [5, 5.41) is 5.12. The number of aryl methyl sites for hydroxylation is 1. The summed E-state index contributed by atoms with van der Waals surface area (Å²) in [5.41, 5.74) is -0.0583. The van der Waals surface area contributed by atoms with Gasteiger partial charge in [-0.05, 0) is 30.0 Å². The molecule has 0 saturated carbocycles. The second-order valence-corrected chi connectivity index (χ2v) is 5.65. The molecule has 2 rings (SSSR count). The van der Waals surface area contributed by atoms with Gasteiger partial charge in [-0.25, -0.2) is 0 Å². The van der Waals surface area contributed by atoms with Gasteiger partial charge in [0, 0.05) is 36.8 Å². The van der Waals surface area contributed by atoms with Gasteiger partial charge in [0.1, 0.15) is 0 Å². The molecule has 0 spiro atoms. The highest BCUT2D eigenvalue weighted by molar-refractivity contribution is 7.10. The van der Waals surface area contributed by atoms with E-state index in [1.165, 1.54) is 10.4 Å². The molecule has 0 fully saturated rings. The van der Waals surface area contributed by atoms with E-state index in [1.807, 2.05) is 18.4 Å². The Morgan fingerprint density at radius 3 is 2.67 bits per heavy atom. The fourth-order valence-electron chi connectivity index (χ4n) is 1.86. The molecule has 0 bridgehead atoms. The SMILES string of the molecule is Cc1ccsc1CNCCn1cc(C(F)(F)F)ccc1=O. The van der Waals surface area contributed by atoms with Gasteiger partial charge in [-0.2, -0.15) is 13.2 Å². The van der Waals surface area contributed by atoms with E-state index in [0.29, 0.717) is 13.1 Å². The number of hydrogen-bond donors (Lipinski definition) is 1. The highest BCUT2D eigenvalue weighted by Crippen LogP contribution is 2.27. The second-order valence-electron chi connectivity index (χ2n) is 4.65. The minimum absolute atomic E-state index is 0.202. The van der Waals surface area contributed by atoms with Crippen LogP contribution in [-0.2, 0) is 19.3 Å². The van der Waals surface area contributed by atoms with Crippen molar-refractivity contribution in [1.29, 1.82) is 0 Å². The molecule has 7 heteroatoms. The molecule has 2 heterocycles. The van der Waals surface area contributed by atoms with Crippen LogP contribution in [0.4, 0.5) is 13.2 Å². The van der Waals surface area contributed by atoms with Gasteiger partial charge in [-0.15, -0.1) is 11.3 Å². The molecule has 114 valence electrons. The molecular formula is C14H15F3N2OS. The summed E-state index contributed by atoms with van der Waals surface area (Å²) in [6, 6.07) is 3.77. The van der Waals surface area contributed by atoms with Gasteiger partial charge in [0.2, 0.25) is 0 Å². The third-order valence-corrected chi connectivity index (χ3v) is 4.12. The number of thiophene rings is 1. The second kappa shape index (κ2) is 6.44. The maximum Gasteiger partial charge on any atom is 0.417 e. The zero-order chi connectivity index (χ0) is 15.5. The minimum atomic E-state index is -4.43. The fraction of sp³-hybridized carbons (Fsp3) is 0.357. The Morgan fingerprint density at radius 2 is 2.05 bits per heavy atom. The van der Waals surface area contributed by atoms with Gasteiger partial charge in [-0.1, -0.05) is 0 Å². The predicted octanol–water partition coefficient (Wildman–Crippen LogP) is 3.03. The molecular weight excluding hydrogens is 301 g/mol. The average molecular weight is 316 g/mol. The van der Waals surface area contributed by atoms with E-state index >= 15 is 0 Å². The number of alkyl halides is 3. The summed E-state index contributed by atoms with van der Waals surface area (Å²) < 4.78 is 38.8. The maximum atomic E-state index is 12.6. The molecule has 0 aromatic carbocycles. The summed E-state index contributed by atoms with van der Waals surface area (Å²) in [4.78, 5) is 12.7. The normalized spacial score (nSPS) is 11.8. The molecule has 3 nitrogen and oxygen atoms in total. The molecule has 0 aliphatic carbocycles. The Hall–Kier alpha value is -1.60. The van der Waals surface area contributed by atoms with Crippen LogP contribution in [0.25, 0.3) is 0 Å². The highest BCUT2D eigenvalue weighted by Gasteiger charge is 2.30. The summed E-state index contributed by atoms with van der Waals surface area (Å²) in [5.74, 6) is 0. The van der Waals surface area contributed by atoms with E-state index in [4.69, 9.17) is 0 Å². The zero-order valence-corrected chi connectivity index (χ0v) is 12.2.